The number of hydrogen-bond acceptors (Lipinski definition) is 5. The second-order valence-corrected chi connectivity index (χ2v) is 3.91. The van der Waals surface area contributed by atoms with Crippen molar-refractivity contribution in [3.8, 4) is 5.75 Å². The fourth-order valence-corrected chi connectivity index (χ4v) is 1.58. The minimum Gasteiger partial charge on any atom is -0.490 e. The van der Waals surface area contributed by atoms with Gasteiger partial charge in [-0.2, -0.15) is 0 Å². The molecule has 1 aromatic carbocycles. The van der Waals surface area contributed by atoms with Crippen molar-refractivity contribution in [2.45, 2.75) is 20.0 Å². The third kappa shape index (κ3) is 4.06. The largest absolute Gasteiger partial charge is 0.490 e. The van der Waals surface area contributed by atoms with Crippen LogP contribution in [0.15, 0.2) is 12.1 Å². The zero-order valence-corrected chi connectivity index (χ0v) is 11.1. The van der Waals surface area contributed by atoms with Crippen molar-refractivity contribution in [1.29, 1.82) is 0 Å². The molecule has 0 saturated carbocycles. The zero-order valence-electron chi connectivity index (χ0n) is 11.1. The van der Waals surface area contributed by atoms with Crippen LogP contribution in [0.3, 0.4) is 0 Å². The van der Waals surface area contributed by atoms with Gasteiger partial charge in [0.1, 0.15) is 0 Å². The molecule has 1 rings (SSSR count). The van der Waals surface area contributed by atoms with Gasteiger partial charge >= 0.3 is 5.69 Å². The summed E-state index contributed by atoms with van der Waals surface area (Å²) in [7, 11) is 1.30. The van der Waals surface area contributed by atoms with E-state index >= 15 is 0 Å². The molecule has 0 saturated heterocycles. The number of methoxy groups -OCH3 is 1. The Labute approximate surface area is 110 Å². The van der Waals surface area contributed by atoms with Gasteiger partial charge in [0.15, 0.2) is 11.6 Å². The van der Waals surface area contributed by atoms with Crippen molar-refractivity contribution in [2.75, 3.05) is 25.6 Å². The third-order valence-electron chi connectivity index (χ3n) is 2.50. The maximum absolute atomic E-state index is 13.7. The quantitative estimate of drug-likeness (QED) is 0.610. The van der Waals surface area contributed by atoms with Gasteiger partial charge in [-0.25, -0.2) is 4.39 Å². The van der Waals surface area contributed by atoms with Crippen LogP contribution in [0.2, 0.25) is 0 Å². The molecule has 1 unspecified atom stereocenters. The summed E-state index contributed by atoms with van der Waals surface area (Å²) >= 11 is 0. The van der Waals surface area contributed by atoms with Crippen LogP contribution in [0.1, 0.15) is 13.8 Å². The summed E-state index contributed by atoms with van der Waals surface area (Å²) in [5.74, 6) is -0.686. The number of nitrogens with one attached hydrogen (secondary N) is 1. The Morgan fingerprint density at radius 1 is 1.53 bits per heavy atom. The molecule has 0 radical (unpaired) electrons. The van der Waals surface area contributed by atoms with E-state index in [1.165, 1.54) is 13.2 Å². The minimum atomic E-state index is -0.698. The smallest absolute Gasteiger partial charge is 0.313 e. The molecule has 0 bridgehead atoms. The van der Waals surface area contributed by atoms with Gasteiger partial charge in [-0.1, -0.05) is 0 Å². The fraction of sp³-hybridized carbons (Fsp3) is 0.500. The fourth-order valence-electron chi connectivity index (χ4n) is 1.58. The van der Waals surface area contributed by atoms with Crippen LogP contribution in [0.4, 0.5) is 15.8 Å². The highest BCUT2D eigenvalue weighted by Gasteiger charge is 2.19. The average molecular weight is 272 g/mol. The highest BCUT2D eigenvalue weighted by molar-refractivity contribution is 5.59. The van der Waals surface area contributed by atoms with Gasteiger partial charge in [0.2, 0.25) is 0 Å². The minimum absolute atomic E-state index is 0.0120. The second kappa shape index (κ2) is 6.89. The van der Waals surface area contributed by atoms with E-state index < -0.39 is 16.4 Å². The van der Waals surface area contributed by atoms with Crippen LogP contribution in [0.25, 0.3) is 0 Å². The second-order valence-electron chi connectivity index (χ2n) is 3.91. The predicted molar refractivity (Wildman–Crippen MR) is 69.2 cm³/mol. The van der Waals surface area contributed by atoms with Crippen molar-refractivity contribution < 1.29 is 18.8 Å². The van der Waals surface area contributed by atoms with E-state index in [2.05, 4.69) is 5.32 Å². The molecule has 1 N–H and O–H groups in total. The molecule has 1 atom stereocenters. The summed E-state index contributed by atoms with van der Waals surface area (Å²) in [6.45, 7) is 4.67. The van der Waals surface area contributed by atoms with Crippen molar-refractivity contribution in [3.63, 3.8) is 0 Å². The molecule has 0 aromatic heterocycles. The first-order valence-electron chi connectivity index (χ1n) is 5.87. The molecule has 0 aliphatic heterocycles. The van der Waals surface area contributed by atoms with Crippen LogP contribution in [0.5, 0.6) is 5.75 Å². The number of rotatable bonds is 7. The molecule has 0 aliphatic carbocycles. The van der Waals surface area contributed by atoms with E-state index in [1.54, 1.807) is 0 Å². The van der Waals surface area contributed by atoms with Crippen LogP contribution in [-0.4, -0.2) is 31.3 Å². The van der Waals surface area contributed by atoms with Crippen LogP contribution in [0, 0.1) is 15.9 Å². The van der Waals surface area contributed by atoms with Gasteiger partial charge in [-0.15, -0.1) is 0 Å². The van der Waals surface area contributed by atoms with E-state index in [0.717, 1.165) is 6.07 Å². The lowest BCUT2D eigenvalue weighted by Crippen LogP contribution is -2.20. The Morgan fingerprint density at radius 3 is 2.74 bits per heavy atom. The molecular formula is C12H17FN2O4. The molecule has 6 nitrogen and oxygen atoms in total. The normalized spacial score (nSPS) is 12.0. The molecule has 0 heterocycles. The van der Waals surface area contributed by atoms with E-state index in [9.17, 15) is 14.5 Å². The van der Waals surface area contributed by atoms with Crippen molar-refractivity contribution in [1.82, 2.24) is 0 Å². The lowest BCUT2D eigenvalue weighted by Gasteiger charge is -2.14. The molecule has 0 aliphatic rings. The summed E-state index contributed by atoms with van der Waals surface area (Å²) in [6.07, 6.45) is -0.0920. The summed E-state index contributed by atoms with van der Waals surface area (Å²) in [6, 6.07) is 2.11. The van der Waals surface area contributed by atoms with Gasteiger partial charge in [0.25, 0.3) is 0 Å². The Hall–Kier alpha value is -1.89. The summed E-state index contributed by atoms with van der Waals surface area (Å²) in [5.41, 5.74) is -0.252. The van der Waals surface area contributed by atoms with Gasteiger partial charge in [0.05, 0.1) is 29.9 Å². The van der Waals surface area contributed by atoms with Gasteiger partial charge in [-0.05, 0) is 13.8 Å². The zero-order chi connectivity index (χ0) is 14.4. The molecule has 7 heteroatoms. The summed E-state index contributed by atoms with van der Waals surface area (Å²) < 4.78 is 23.9. The molecule has 0 amide bonds. The number of hydrogen-bond donors (Lipinski definition) is 1. The van der Waals surface area contributed by atoms with E-state index in [-0.39, 0.29) is 17.5 Å². The van der Waals surface area contributed by atoms with Crippen LogP contribution >= 0.6 is 0 Å². The van der Waals surface area contributed by atoms with E-state index in [4.69, 9.17) is 9.47 Å². The number of nitro groups is 1. The highest BCUT2D eigenvalue weighted by Crippen LogP contribution is 2.32. The Morgan fingerprint density at radius 2 is 2.21 bits per heavy atom. The maximum atomic E-state index is 13.7. The van der Waals surface area contributed by atoms with Gasteiger partial charge in [-0.3, -0.25) is 10.1 Å². The lowest BCUT2D eigenvalue weighted by molar-refractivity contribution is -0.385. The molecule has 0 fully saturated rings. The van der Waals surface area contributed by atoms with Gasteiger partial charge < -0.3 is 14.8 Å². The number of halogens is 1. The van der Waals surface area contributed by atoms with Crippen LogP contribution in [-0.2, 0) is 4.74 Å². The molecule has 19 heavy (non-hydrogen) atoms. The molecule has 0 spiro atoms. The Bertz CT molecular complexity index is 454. The van der Waals surface area contributed by atoms with E-state index in [1.807, 2.05) is 13.8 Å². The SMILES string of the molecule is CCOC(C)CNc1cc(OC)c([N+](=O)[O-])cc1F. The maximum Gasteiger partial charge on any atom is 0.313 e. The third-order valence-corrected chi connectivity index (χ3v) is 2.50. The lowest BCUT2D eigenvalue weighted by atomic mass is 10.2. The predicted octanol–water partition coefficient (Wildman–Crippen LogP) is 2.58. The number of anilines is 1. The number of nitro benzene ring substituents is 1. The first-order chi connectivity index (χ1) is 8.99. The molecule has 106 valence electrons. The van der Waals surface area contributed by atoms with Crippen molar-refractivity contribution in [2.24, 2.45) is 0 Å². The van der Waals surface area contributed by atoms with Gasteiger partial charge in [0, 0.05) is 19.2 Å². The Balaban J connectivity index is 2.87. The number of nitrogens with zero attached hydrogens (tertiary/aromatic N) is 1. The first-order valence-corrected chi connectivity index (χ1v) is 5.87. The topological polar surface area (TPSA) is 73.6 Å². The summed E-state index contributed by atoms with van der Waals surface area (Å²) in [5, 5.41) is 13.5. The van der Waals surface area contributed by atoms with E-state index in [0.29, 0.717) is 13.2 Å². The standard InChI is InChI=1S/C12H17FN2O4/c1-4-19-8(2)7-14-10-6-12(18-3)11(15(16)17)5-9(10)13/h5-6,8,14H,4,7H2,1-3H3. The highest BCUT2D eigenvalue weighted by atomic mass is 19.1. The molecular weight excluding hydrogens is 255 g/mol. The summed E-state index contributed by atoms with van der Waals surface area (Å²) in [4.78, 5) is 10.0. The van der Waals surface area contributed by atoms with Crippen LogP contribution < -0.4 is 10.1 Å². The first kappa shape index (κ1) is 15.2. The number of benzene rings is 1. The number of ether oxygens (including phenoxy) is 2. The molecule has 1 aromatic rings. The monoisotopic (exact) mass is 272 g/mol. The van der Waals surface area contributed by atoms with Crippen molar-refractivity contribution in [3.05, 3.63) is 28.1 Å². The van der Waals surface area contributed by atoms with Crippen molar-refractivity contribution >= 4 is 11.4 Å². The average Bonchev–Trinajstić information content (AvgIpc) is 2.37. The Kier molecular flexibility index (Phi) is 5.50.